The molecular formula is C20H13IO2S. The third-order valence-corrected chi connectivity index (χ3v) is 5.93. The quantitative estimate of drug-likeness (QED) is 0.370. The van der Waals surface area contributed by atoms with Crippen molar-refractivity contribution < 1.29 is 8.63 Å². The van der Waals surface area contributed by atoms with E-state index in [1.54, 1.807) is 0 Å². The summed E-state index contributed by atoms with van der Waals surface area (Å²) in [6.07, 6.45) is 0. The van der Waals surface area contributed by atoms with Crippen molar-refractivity contribution in [1.82, 2.24) is 0 Å². The summed E-state index contributed by atoms with van der Waals surface area (Å²) in [6, 6.07) is 25.3. The molecular weight excluding hydrogens is 431 g/mol. The summed E-state index contributed by atoms with van der Waals surface area (Å²) in [6.45, 7) is 0. The minimum absolute atomic E-state index is 0.676. The second kappa shape index (κ2) is 6.53. The summed E-state index contributed by atoms with van der Waals surface area (Å²) in [5, 5.41) is 0.905. The first-order valence-electron chi connectivity index (χ1n) is 7.48. The van der Waals surface area contributed by atoms with E-state index in [1.165, 1.54) is 0 Å². The van der Waals surface area contributed by atoms with Crippen molar-refractivity contribution in [1.29, 1.82) is 0 Å². The lowest BCUT2D eigenvalue weighted by atomic mass is 10.1. The molecule has 24 heavy (non-hydrogen) atoms. The first-order valence-corrected chi connectivity index (χ1v) is 9.71. The average Bonchev–Trinajstić information content (AvgIpc) is 3.01. The lowest BCUT2D eigenvalue weighted by Gasteiger charge is -2.04. The van der Waals surface area contributed by atoms with Crippen molar-refractivity contribution in [2.45, 2.75) is 9.79 Å². The molecule has 0 saturated heterocycles. The number of hydrogen-bond acceptors (Lipinski definition) is 2. The molecule has 0 bridgehead atoms. The molecule has 3 aromatic carbocycles. The number of fused-ring (bicyclic) bond motifs is 1. The normalized spacial score (nSPS) is 12.4. The van der Waals surface area contributed by atoms with Crippen LogP contribution in [0.4, 0.5) is 0 Å². The summed E-state index contributed by atoms with van der Waals surface area (Å²) < 4.78 is 20.5. The summed E-state index contributed by atoms with van der Waals surface area (Å²) in [7, 11) is -1.31. The molecule has 0 amide bonds. The van der Waals surface area contributed by atoms with E-state index < -0.39 is 10.8 Å². The second-order valence-corrected chi connectivity index (χ2v) is 8.01. The Morgan fingerprint density at radius 3 is 2.21 bits per heavy atom. The number of rotatable bonds is 3. The fraction of sp³-hybridized carbons (Fsp3) is 0. The number of hydrogen-bond donors (Lipinski definition) is 0. The van der Waals surface area contributed by atoms with E-state index in [4.69, 9.17) is 4.42 Å². The van der Waals surface area contributed by atoms with E-state index in [2.05, 4.69) is 22.6 Å². The average molecular weight is 444 g/mol. The van der Waals surface area contributed by atoms with Crippen LogP contribution in [0.25, 0.3) is 22.3 Å². The maximum absolute atomic E-state index is 13.3. The highest BCUT2D eigenvalue weighted by Gasteiger charge is 2.22. The smallest absolute Gasteiger partial charge is 0.151 e. The lowest BCUT2D eigenvalue weighted by Crippen LogP contribution is -1.94. The van der Waals surface area contributed by atoms with Crippen LogP contribution in [-0.2, 0) is 10.8 Å². The number of furan rings is 1. The van der Waals surface area contributed by atoms with E-state index in [0.29, 0.717) is 5.76 Å². The largest absolute Gasteiger partial charge is 0.455 e. The summed E-state index contributed by atoms with van der Waals surface area (Å²) >= 11 is 2.27. The summed E-state index contributed by atoms with van der Waals surface area (Å²) in [5.41, 5.74) is 1.69. The van der Waals surface area contributed by atoms with Crippen LogP contribution in [0.2, 0.25) is 0 Å². The summed E-state index contributed by atoms with van der Waals surface area (Å²) in [5.74, 6) is 0.676. The standard InChI is InChI=1S/C20H13IO2S/c21-15-11-12-18-17(13-15)20(24(22)16-9-5-2-6-10-16)19(23-18)14-7-3-1-4-8-14/h1-13H/t24-/m1/s1. The molecule has 1 heterocycles. The highest BCUT2D eigenvalue weighted by atomic mass is 127. The first-order chi connectivity index (χ1) is 11.7. The predicted octanol–water partition coefficient (Wildman–Crippen LogP) is 5.87. The van der Waals surface area contributed by atoms with Crippen LogP contribution in [0.15, 0.2) is 93.1 Å². The van der Waals surface area contributed by atoms with E-state index in [1.807, 2.05) is 78.9 Å². The fourth-order valence-corrected chi connectivity index (χ4v) is 4.49. The molecule has 4 rings (SSSR count). The molecule has 2 nitrogen and oxygen atoms in total. The van der Waals surface area contributed by atoms with Gasteiger partial charge in [-0.3, -0.25) is 0 Å². The zero-order valence-corrected chi connectivity index (χ0v) is 15.6. The van der Waals surface area contributed by atoms with Crippen LogP contribution in [0.5, 0.6) is 0 Å². The van der Waals surface area contributed by atoms with Gasteiger partial charge in [0, 0.05) is 19.4 Å². The predicted molar refractivity (Wildman–Crippen MR) is 105 cm³/mol. The molecule has 1 atom stereocenters. The number of halogens is 1. The van der Waals surface area contributed by atoms with Crippen molar-refractivity contribution in [3.63, 3.8) is 0 Å². The van der Waals surface area contributed by atoms with Crippen LogP contribution in [0, 0.1) is 3.57 Å². The lowest BCUT2D eigenvalue weighted by molar-refractivity contribution is 0.622. The van der Waals surface area contributed by atoms with E-state index >= 15 is 0 Å². The molecule has 4 aromatic rings. The van der Waals surface area contributed by atoms with Gasteiger partial charge in [-0.1, -0.05) is 48.5 Å². The highest BCUT2D eigenvalue weighted by Crippen LogP contribution is 2.38. The highest BCUT2D eigenvalue weighted by molar-refractivity contribution is 14.1. The SMILES string of the molecule is O=[S@](c1ccccc1)c1c(-c2ccccc2)oc2ccc(I)cc12. The van der Waals surface area contributed by atoms with Crippen molar-refractivity contribution in [2.75, 3.05) is 0 Å². The molecule has 0 spiro atoms. The van der Waals surface area contributed by atoms with Gasteiger partial charge < -0.3 is 4.42 Å². The van der Waals surface area contributed by atoms with Crippen molar-refractivity contribution in [3.8, 4) is 11.3 Å². The van der Waals surface area contributed by atoms with Gasteiger partial charge in [-0.25, -0.2) is 4.21 Å². The Labute approximate surface area is 156 Å². The minimum atomic E-state index is -1.31. The van der Waals surface area contributed by atoms with Crippen molar-refractivity contribution in [2.24, 2.45) is 0 Å². The van der Waals surface area contributed by atoms with Crippen LogP contribution in [-0.4, -0.2) is 4.21 Å². The molecule has 0 N–H and O–H groups in total. The molecule has 0 aliphatic carbocycles. The van der Waals surface area contributed by atoms with Gasteiger partial charge in [0.1, 0.15) is 5.58 Å². The zero-order chi connectivity index (χ0) is 16.5. The number of benzene rings is 3. The Hall–Kier alpha value is -1.92. The Balaban J connectivity index is 2.01. The zero-order valence-electron chi connectivity index (χ0n) is 12.6. The van der Waals surface area contributed by atoms with Crippen LogP contribution >= 0.6 is 22.6 Å². The molecule has 0 unspecified atom stereocenters. The van der Waals surface area contributed by atoms with E-state index in [-0.39, 0.29) is 0 Å². The molecule has 0 aliphatic rings. The van der Waals surface area contributed by atoms with Crippen molar-refractivity contribution in [3.05, 3.63) is 82.4 Å². The topological polar surface area (TPSA) is 30.2 Å². The Morgan fingerprint density at radius 1 is 0.833 bits per heavy atom. The minimum Gasteiger partial charge on any atom is -0.455 e. The molecule has 118 valence electrons. The first kappa shape index (κ1) is 15.6. The van der Waals surface area contributed by atoms with Gasteiger partial charge in [0.25, 0.3) is 0 Å². The Kier molecular flexibility index (Phi) is 4.24. The van der Waals surface area contributed by atoms with Crippen LogP contribution in [0.1, 0.15) is 0 Å². The monoisotopic (exact) mass is 444 g/mol. The Morgan fingerprint density at radius 2 is 1.50 bits per heavy atom. The van der Waals surface area contributed by atoms with Gasteiger partial charge in [-0.2, -0.15) is 0 Å². The van der Waals surface area contributed by atoms with Crippen LogP contribution < -0.4 is 0 Å². The fourth-order valence-electron chi connectivity index (χ4n) is 2.67. The Bertz CT molecular complexity index is 1020. The molecule has 1 aromatic heterocycles. The van der Waals surface area contributed by atoms with E-state index in [0.717, 1.165) is 29.9 Å². The van der Waals surface area contributed by atoms with Crippen LogP contribution in [0.3, 0.4) is 0 Å². The third kappa shape index (κ3) is 2.80. The molecule has 0 radical (unpaired) electrons. The van der Waals surface area contributed by atoms with Crippen molar-refractivity contribution >= 4 is 44.4 Å². The van der Waals surface area contributed by atoms with Gasteiger partial charge in [-0.05, 0) is 52.9 Å². The molecule has 0 saturated carbocycles. The summed E-state index contributed by atoms with van der Waals surface area (Å²) in [4.78, 5) is 1.51. The molecule has 0 fully saturated rings. The van der Waals surface area contributed by atoms with E-state index in [9.17, 15) is 4.21 Å². The van der Waals surface area contributed by atoms with Gasteiger partial charge in [0.2, 0.25) is 0 Å². The van der Waals surface area contributed by atoms with Gasteiger partial charge in [0.15, 0.2) is 5.76 Å². The molecule has 4 heteroatoms. The maximum Gasteiger partial charge on any atom is 0.151 e. The third-order valence-electron chi connectivity index (χ3n) is 3.78. The van der Waals surface area contributed by atoms with Gasteiger partial charge >= 0.3 is 0 Å². The van der Waals surface area contributed by atoms with Gasteiger partial charge in [-0.15, -0.1) is 0 Å². The van der Waals surface area contributed by atoms with Gasteiger partial charge in [0.05, 0.1) is 15.7 Å². The maximum atomic E-state index is 13.3. The molecule has 0 aliphatic heterocycles. The second-order valence-electron chi connectivity index (χ2n) is 5.35.